The van der Waals surface area contributed by atoms with E-state index in [2.05, 4.69) is 27.0 Å². The van der Waals surface area contributed by atoms with Gasteiger partial charge in [-0.15, -0.1) is 16.8 Å². The zero-order valence-corrected chi connectivity index (χ0v) is 8.54. The molecule has 1 aromatic carbocycles. The standard InChI is InChI=1S/C11H10N4O/c1-2-3-8-4-6-9(7-5-8)10-12-14-11(16)15-13-10/h2,4-7H,1,3H2,(H,14,15,16). The quantitative estimate of drug-likeness (QED) is 0.781. The first kappa shape index (κ1) is 10.2. The minimum absolute atomic E-state index is 0.392. The Bertz CT molecular complexity index is 478. The van der Waals surface area contributed by atoms with Gasteiger partial charge in [-0.2, -0.15) is 0 Å². The van der Waals surface area contributed by atoms with Crippen molar-refractivity contribution in [2.24, 2.45) is 0 Å². The maximum Gasteiger partial charge on any atom is 0.352 e. The van der Waals surface area contributed by atoms with Gasteiger partial charge in [0.2, 0.25) is 5.82 Å². The van der Waals surface area contributed by atoms with Gasteiger partial charge in [-0.05, 0) is 12.0 Å². The molecule has 2 rings (SSSR count). The Kier molecular flexibility index (Phi) is 2.86. The van der Waals surface area contributed by atoms with E-state index in [0.717, 1.165) is 12.0 Å². The molecule has 80 valence electrons. The van der Waals surface area contributed by atoms with Crippen LogP contribution in [0.5, 0.6) is 6.01 Å². The van der Waals surface area contributed by atoms with Crippen molar-refractivity contribution in [2.75, 3.05) is 0 Å². The molecule has 0 fully saturated rings. The Morgan fingerprint density at radius 3 is 2.25 bits per heavy atom. The summed E-state index contributed by atoms with van der Waals surface area (Å²) in [5, 5.41) is 23.2. The Morgan fingerprint density at radius 1 is 1.06 bits per heavy atom. The first-order chi connectivity index (χ1) is 7.79. The predicted octanol–water partition coefficient (Wildman–Crippen LogP) is 1.37. The molecule has 0 spiro atoms. The summed E-state index contributed by atoms with van der Waals surface area (Å²) in [6.07, 6.45) is 2.67. The Hall–Kier alpha value is -2.30. The molecule has 0 saturated heterocycles. The Morgan fingerprint density at radius 2 is 1.69 bits per heavy atom. The molecule has 0 unspecified atom stereocenters. The third kappa shape index (κ3) is 2.20. The van der Waals surface area contributed by atoms with Crippen molar-refractivity contribution < 1.29 is 5.11 Å². The minimum atomic E-state index is -0.424. The molecule has 0 bridgehead atoms. The Labute approximate surface area is 92.5 Å². The smallest absolute Gasteiger partial charge is 0.352 e. The monoisotopic (exact) mass is 214 g/mol. The van der Waals surface area contributed by atoms with Gasteiger partial charge in [0, 0.05) is 5.56 Å². The normalized spacial score (nSPS) is 10.0. The highest BCUT2D eigenvalue weighted by Gasteiger charge is 2.02. The van der Waals surface area contributed by atoms with E-state index in [0.29, 0.717) is 5.82 Å². The van der Waals surface area contributed by atoms with Gasteiger partial charge in [-0.3, -0.25) is 0 Å². The highest BCUT2D eigenvalue weighted by Crippen LogP contribution is 2.14. The van der Waals surface area contributed by atoms with E-state index in [9.17, 15) is 0 Å². The molecule has 0 aliphatic rings. The fourth-order valence-electron chi connectivity index (χ4n) is 1.30. The zero-order chi connectivity index (χ0) is 11.4. The molecule has 0 aliphatic heterocycles. The molecule has 0 aliphatic carbocycles. The fourth-order valence-corrected chi connectivity index (χ4v) is 1.30. The molecule has 0 radical (unpaired) electrons. The third-order valence-corrected chi connectivity index (χ3v) is 2.06. The van der Waals surface area contributed by atoms with Crippen LogP contribution in [0.4, 0.5) is 0 Å². The molecule has 0 saturated carbocycles. The molecule has 1 N–H and O–H groups in total. The molecular weight excluding hydrogens is 204 g/mol. The molecule has 1 aromatic heterocycles. The SMILES string of the molecule is C=CCc1ccc(-c2nnc(O)nn2)cc1. The molecule has 16 heavy (non-hydrogen) atoms. The molecule has 2 aromatic rings. The summed E-state index contributed by atoms with van der Waals surface area (Å²) >= 11 is 0. The number of rotatable bonds is 3. The van der Waals surface area contributed by atoms with Crippen LogP contribution >= 0.6 is 0 Å². The number of aromatic hydroxyl groups is 1. The lowest BCUT2D eigenvalue weighted by Gasteiger charge is -1.99. The van der Waals surface area contributed by atoms with E-state index >= 15 is 0 Å². The van der Waals surface area contributed by atoms with Gasteiger partial charge in [0.1, 0.15) is 0 Å². The van der Waals surface area contributed by atoms with Crippen molar-refractivity contribution in [3.8, 4) is 17.4 Å². The van der Waals surface area contributed by atoms with Crippen LogP contribution < -0.4 is 0 Å². The average molecular weight is 214 g/mol. The van der Waals surface area contributed by atoms with Gasteiger partial charge >= 0.3 is 6.01 Å². The second-order valence-corrected chi connectivity index (χ2v) is 3.21. The highest BCUT2D eigenvalue weighted by atomic mass is 16.3. The minimum Gasteiger partial charge on any atom is -0.477 e. The number of benzene rings is 1. The Balaban J connectivity index is 2.27. The van der Waals surface area contributed by atoms with E-state index < -0.39 is 6.01 Å². The number of hydrogen-bond acceptors (Lipinski definition) is 5. The number of hydrogen-bond donors (Lipinski definition) is 1. The maximum absolute atomic E-state index is 8.86. The zero-order valence-electron chi connectivity index (χ0n) is 8.54. The van der Waals surface area contributed by atoms with E-state index in [4.69, 9.17) is 5.11 Å². The number of nitrogens with zero attached hydrogens (tertiary/aromatic N) is 4. The van der Waals surface area contributed by atoms with Gasteiger partial charge in [0.05, 0.1) is 0 Å². The third-order valence-electron chi connectivity index (χ3n) is 2.06. The number of aromatic nitrogens is 4. The van der Waals surface area contributed by atoms with Gasteiger partial charge < -0.3 is 5.11 Å². The van der Waals surface area contributed by atoms with Crippen LogP contribution in [0.25, 0.3) is 11.4 Å². The van der Waals surface area contributed by atoms with E-state index in [1.807, 2.05) is 30.3 Å². The second kappa shape index (κ2) is 4.48. The topological polar surface area (TPSA) is 71.8 Å². The van der Waals surface area contributed by atoms with Gasteiger partial charge in [-0.25, -0.2) is 0 Å². The van der Waals surface area contributed by atoms with Crippen LogP contribution in [-0.2, 0) is 6.42 Å². The van der Waals surface area contributed by atoms with Crippen LogP contribution in [0, 0.1) is 0 Å². The maximum atomic E-state index is 8.86. The summed E-state index contributed by atoms with van der Waals surface area (Å²) in [5.41, 5.74) is 1.98. The van der Waals surface area contributed by atoms with Crippen molar-refractivity contribution in [3.05, 3.63) is 42.5 Å². The van der Waals surface area contributed by atoms with Crippen LogP contribution in [0.3, 0.4) is 0 Å². The van der Waals surface area contributed by atoms with E-state index in [1.54, 1.807) is 0 Å². The van der Waals surface area contributed by atoms with Crippen molar-refractivity contribution in [1.82, 2.24) is 20.4 Å². The summed E-state index contributed by atoms with van der Waals surface area (Å²) in [5.74, 6) is 0.392. The summed E-state index contributed by atoms with van der Waals surface area (Å²) in [6.45, 7) is 3.67. The molecular formula is C11H10N4O. The van der Waals surface area contributed by atoms with Gasteiger partial charge in [-0.1, -0.05) is 40.5 Å². The predicted molar refractivity (Wildman–Crippen MR) is 58.6 cm³/mol. The van der Waals surface area contributed by atoms with E-state index in [-0.39, 0.29) is 0 Å². The summed E-state index contributed by atoms with van der Waals surface area (Å²) < 4.78 is 0. The molecule has 1 heterocycles. The van der Waals surface area contributed by atoms with Crippen molar-refractivity contribution in [3.63, 3.8) is 0 Å². The average Bonchev–Trinajstić information content (AvgIpc) is 2.32. The lowest BCUT2D eigenvalue weighted by Crippen LogP contribution is -1.95. The fraction of sp³-hybridized carbons (Fsp3) is 0.0909. The second-order valence-electron chi connectivity index (χ2n) is 3.21. The summed E-state index contributed by atoms with van der Waals surface area (Å²) in [7, 11) is 0. The summed E-state index contributed by atoms with van der Waals surface area (Å²) in [6, 6.07) is 7.27. The van der Waals surface area contributed by atoms with Crippen molar-refractivity contribution in [2.45, 2.75) is 6.42 Å². The van der Waals surface area contributed by atoms with Gasteiger partial charge in [0.15, 0.2) is 0 Å². The molecule has 0 amide bonds. The lowest BCUT2D eigenvalue weighted by atomic mass is 10.1. The molecule has 0 atom stereocenters. The van der Waals surface area contributed by atoms with Crippen LogP contribution in [0.15, 0.2) is 36.9 Å². The van der Waals surface area contributed by atoms with E-state index in [1.165, 1.54) is 5.56 Å². The van der Waals surface area contributed by atoms with Gasteiger partial charge in [0.25, 0.3) is 0 Å². The number of allylic oxidation sites excluding steroid dienone is 1. The summed E-state index contributed by atoms with van der Waals surface area (Å²) in [4.78, 5) is 0. The van der Waals surface area contributed by atoms with Crippen LogP contribution in [-0.4, -0.2) is 25.5 Å². The first-order valence-electron chi connectivity index (χ1n) is 4.76. The molecule has 5 heteroatoms. The van der Waals surface area contributed by atoms with Crippen molar-refractivity contribution >= 4 is 0 Å². The largest absolute Gasteiger partial charge is 0.477 e. The van der Waals surface area contributed by atoms with Crippen LogP contribution in [0.2, 0.25) is 0 Å². The lowest BCUT2D eigenvalue weighted by molar-refractivity contribution is 0.411. The highest BCUT2D eigenvalue weighted by molar-refractivity contribution is 5.54. The van der Waals surface area contributed by atoms with Crippen LogP contribution in [0.1, 0.15) is 5.56 Å². The molecule has 5 nitrogen and oxygen atoms in total. The first-order valence-corrected chi connectivity index (χ1v) is 4.76. The van der Waals surface area contributed by atoms with Crippen molar-refractivity contribution in [1.29, 1.82) is 0 Å².